The van der Waals surface area contributed by atoms with Crippen LogP contribution in [0.4, 0.5) is 0 Å². The molecule has 0 aromatic heterocycles. The predicted octanol–water partition coefficient (Wildman–Crippen LogP) is 1.51. The first-order valence-electron chi connectivity index (χ1n) is 5.87. The van der Waals surface area contributed by atoms with E-state index in [2.05, 4.69) is 0 Å². The van der Waals surface area contributed by atoms with Crippen LogP contribution in [-0.2, 0) is 4.79 Å². The largest absolute Gasteiger partial charge is 0.497 e. The van der Waals surface area contributed by atoms with E-state index < -0.39 is 11.9 Å². The highest BCUT2D eigenvalue weighted by atomic mass is 16.5. The van der Waals surface area contributed by atoms with Crippen molar-refractivity contribution in [3.63, 3.8) is 0 Å². The van der Waals surface area contributed by atoms with Crippen LogP contribution in [0.3, 0.4) is 0 Å². The van der Waals surface area contributed by atoms with Crippen LogP contribution in [0.1, 0.15) is 12.8 Å². The molecule has 0 aliphatic rings. The van der Waals surface area contributed by atoms with E-state index >= 15 is 0 Å². The second-order valence-electron chi connectivity index (χ2n) is 3.93. The summed E-state index contributed by atoms with van der Waals surface area (Å²) in [5.41, 5.74) is 5.36. The zero-order valence-corrected chi connectivity index (χ0v) is 10.5. The van der Waals surface area contributed by atoms with Crippen LogP contribution < -0.4 is 15.2 Å². The number of nitrogens with two attached hydrogens (primary N) is 1. The third-order valence-corrected chi connectivity index (χ3v) is 2.66. The Morgan fingerprint density at radius 2 is 1.89 bits per heavy atom. The molecule has 0 bridgehead atoms. The van der Waals surface area contributed by atoms with E-state index in [1.165, 1.54) is 0 Å². The minimum absolute atomic E-state index is 0.364. The van der Waals surface area contributed by atoms with Crippen molar-refractivity contribution in [2.75, 3.05) is 20.3 Å². The number of carbonyl (C=O) groups is 1. The van der Waals surface area contributed by atoms with Crippen molar-refractivity contribution in [3.8, 4) is 11.5 Å². The Morgan fingerprint density at radius 1 is 1.28 bits per heavy atom. The summed E-state index contributed by atoms with van der Waals surface area (Å²) in [4.78, 5) is 10.9. The normalized spacial score (nSPS) is 11.9. The van der Waals surface area contributed by atoms with Crippen LogP contribution in [0.2, 0.25) is 0 Å². The number of methoxy groups -OCH3 is 1. The molecule has 0 saturated heterocycles. The zero-order valence-electron chi connectivity index (χ0n) is 10.5. The van der Waals surface area contributed by atoms with Gasteiger partial charge < -0.3 is 20.3 Å². The maximum atomic E-state index is 10.9. The van der Waals surface area contributed by atoms with Gasteiger partial charge in [0.05, 0.1) is 19.6 Å². The lowest BCUT2D eigenvalue weighted by atomic mass is 10.0. The van der Waals surface area contributed by atoms with Gasteiger partial charge in [-0.3, -0.25) is 4.79 Å². The minimum Gasteiger partial charge on any atom is -0.497 e. The highest BCUT2D eigenvalue weighted by molar-refractivity contribution is 5.69. The fourth-order valence-corrected chi connectivity index (χ4v) is 1.58. The average molecular weight is 253 g/mol. The highest BCUT2D eigenvalue weighted by Gasteiger charge is 2.16. The third-order valence-electron chi connectivity index (χ3n) is 2.66. The molecular formula is C13H19NO4. The van der Waals surface area contributed by atoms with Crippen LogP contribution in [0.5, 0.6) is 11.5 Å². The van der Waals surface area contributed by atoms with Crippen LogP contribution in [0.25, 0.3) is 0 Å². The molecule has 1 aromatic rings. The first-order valence-corrected chi connectivity index (χ1v) is 5.87. The number of carboxylic acid groups (broad SMARTS) is 1. The summed E-state index contributed by atoms with van der Waals surface area (Å²) < 4.78 is 10.5. The summed E-state index contributed by atoms with van der Waals surface area (Å²) >= 11 is 0. The van der Waals surface area contributed by atoms with Gasteiger partial charge in [0.2, 0.25) is 0 Å². The van der Waals surface area contributed by atoms with E-state index in [9.17, 15) is 4.79 Å². The number of rotatable bonds is 8. The SMILES string of the molecule is COc1ccc(OCCC(CCN)C(=O)O)cc1. The van der Waals surface area contributed by atoms with Gasteiger partial charge in [-0.15, -0.1) is 0 Å². The van der Waals surface area contributed by atoms with Gasteiger partial charge in [0.15, 0.2) is 0 Å². The summed E-state index contributed by atoms with van der Waals surface area (Å²) in [6.45, 7) is 0.739. The van der Waals surface area contributed by atoms with Gasteiger partial charge in [-0.25, -0.2) is 0 Å². The Balaban J connectivity index is 2.37. The number of hydrogen-bond donors (Lipinski definition) is 2. The predicted molar refractivity (Wildman–Crippen MR) is 67.9 cm³/mol. The first-order chi connectivity index (χ1) is 8.67. The first kappa shape index (κ1) is 14.3. The molecule has 0 spiro atoms. The number of carboxylic acids is 1. The Hall–Kier alpha value is -1.75. The van der Waals surface area contributed by atoms with Crippen molar-refractivity contribution in [2.45, 2.75) is 12.8 Å². The molecule has 0 fully saturated rings. The molecule has 0 radical (unpaired) electrons. The van der Waals surface area contributed by atoms with Crippen LogP contribution >= 0.6 is 0 Å². The molecule has 100 valence electrons. The lowest BCUT2D eigenvalue weighted by molar-refractivity contribution is -0.142. The topological polar surface area (TPSA) is 81.8 Å². The van der Waals surface area contributed by atoms with Gasteiger partial charge in [0.25, 0.3) is 0 Å². The maximum absolute atomic E-state index is 10.9. The molecule has 18 heavy (non-hydrogen) atoms. The molecular weight excluding hydrogens is 234 g/mol. The van der Waals surface area contributed by atoms with Crippen molar-refractivity contribution in [1.29, 1.82) is 0 Å². The molecule has 1 rings (SSSR count). The molecule has 5 nitrogen and oxygen atoms in total. The van der Waals surface area contributed by atoms with E-state index in [-0.39, 0.29) is 0 Å². The average Bonchev–Trinajstić information content (AvgIpc) is 2.38. The van der Waals surface area contributed by atoms with Gasteiger partial charge in [-0.1, -0.05) is 0 Å². The molecule has 1 atom stereocenters. The minimum atomic E-state index is -0.821. The van der Waals surface area contributed by atoms with Crippen molar-refractivity contribution in [3.05, 3.63) is 24.3 Å². The summed E-state index contributed by atoms with van der Waals surface area (Å²) in [6.07, 6.45) is 0.930. The molecule has 0 aliphatic heterocycles. The molecule has 0 aliphatic carbocycles. The van der Waals surface area contributed by atoms with Gasteiger partial charge in [0, 0.05) is 0 Å². The summed E-state index contributed by atoms with van der Waals surface area (Å²) in [5.74, 6) is 0.202. The molecule has 5 heteroatoms. The zero-order chi connectivity index (χ0) is 13.4. The summed E-state index contributed by atoms with van der Waals surface area (Å²) in [6, 6.07) is 7.17. The fraction of sp³-hybridized carbons (Fsp3) is 0.462. The summed E-state index contributed by atoms with van der Waals surface area (Å²) in [7, 11) is 1.60. The van der Waals surface area contributed by atoms with Crippen LogP contribution in [0, 0.1) is 5.92 Å². The smallest absolute Gasteiger partial charge is 0.306 e. The van der Waals surface area contributed by atoms with Gasteiger partial charge >= 0.3 is 5.97 Å². The van der Waals surface area contributed by atoms with E-state index in [1.807, 2.05) is 0 Å². The van der Waals surface area contributed by atoms with E-state index in [0.29, 0.717) is 31.7 Å². The third kappa shape index (κ3) is 4.63. The van der Waals surface area contributed by atoms with Crippen molar-refractivity contribution in [2.24, 2.45) is 11.7 Å². The monoisotopic (exact) mass is 253 g/mol. The number of hydrogen-bond acceptors (Lipinski definition) is 4. The fourth-order valence-electron chi connectivity index (χ4n) is 1.58. The van der Waals surface area contributed by atoms with Gasteiger partial charge in [0.1, 0.15) is 11.5 Å². The van der Waals surface area contributed by atoms with Crippen LogP contribution in [-0.4, -0.2) is 31.3 Å². The summed E-state index contributed by atoms with van der Waals surface area (Å²) in [5, 5.41) is 8.94. The Bertz CT molecular complexity index is 364. The lowest BCUT2D eigenvalue weighted by Gasteiger charge is -2.12. The molecule has 0 heterocycles. The second-order valence-corrected chi connectivity index (χ2v) is 3.93. The molecule has 0 saturated carbocycles. The highest BCUT2D eigenvalue weighted by Crippen LogP contribution is 2.18. The van der Waals surface area contributed by atoms with Gasteiger partial charge in [-0.05, 0) is 43.7 Å². The molecule has 1 aromatic carbocycles. The number of aliphatic carboxylic acids is 1. The van der Waals surface area contributed by atoms with Crippen molar-refractivity contribution in [1.82, 2.24) is 0 Å². The Kier molecular flexibility index (Phi) is 6.00. The number of ether oxygens (including phenoxy) is 2. The molecule has 3 N–H and O–H groups in total. The molecule has 0 amide bonds. The lowest BCUT2D eigenvalue weighted by Crippen LogP contribution is -2.20. The van der Waals surface area contributed by atoms with E-state index in [0.717, 1.165) is 5.75 Å². The van der Waals surface area contributed by atoms with Crippen LogP contribution in [0.15, 0.2) is 24.3 Å². The van der Waals surface area contributed by atoms with Gasteiger partial charge in [-0.2, -0.15) is 0 Å². The van der Waals surface area contributed by atoms with E-state index in [1.54, 1.807) is 31.4 Å². The second kappa shape index (κ2) is 7.55. The van der Waals surface area contributed by atoms with Crippen molar-refractivity contribution >= 4 is 5.97 Å². The number of benzene rings is 1. The standard InChI is InChI=1S/C13H19NO4/c1-17-11-2-4-12(5-3-11)18-9-7-10(6-8-14)13(15)16/h2-5,10H,6-9,14H2,1H3,(H,15,16). The Morgan fingerprint density at radius 3 is 2.39 bits per heavy atom. The van der Waals surface area contributed by atoms with Crippen molar-refractivity contribution < 1.29 is 19.4 Å². The quantitative estimate of drug-likeness (QED) is 0.734. The maximum Gasteiger partial charge on any atom is 0.306 e. The van der Waals surface area contributed by atoms with E-state index in [4.69, 9.17) is 20.3 Å². The molecule has 1 unspecified atom stereocenters. The Labute approximate surface area is 107 Å².